The minimum Gasteiger partial charge on any atom is -0.504 e. The first-order valence-corrected chi connectivity index (χ1v) is 14.0. The Bertz CT molecular complexity index is 1590. The van der Waals surface area contributed by atoms with Crippen molar-refractivity contribution in [1.82, 2.24) is 4.98 Å². The molecule has 3 aromatic carbocycles. The summed E-state index contributed by atoms with van der Waals surface area (Å²) in [6.45, 7) is 0. The number of phenols is 1. The summed E-state index contributed by atoms with van der Waals surface area (Å²) in [5.41, 5.74) is 1.08. The van der Waals surface area contributed by atoms with Crippen LogP contribution in [0, 0.1) is 0 Å². The van der Waals surface area contributed by atoms with Gasteiger partial charge < -0.3 is 9.84 Å². The second-order valence-corrected chi connectivity index (χ2v) is 11.7. The average Bonchev–Trinajstić information content (AvgIpc) is 3.27. The third-order valence-corrected chi connectivity index (χ3v) is 8.61. The molecular formula is C22H18ClN3O6S3. The van der Waals surface area contributed by atoms with E-state index < -0.39 is 20.0 Å². The second kappa shape index (κ2) is 9.74. The number of thiazole rings is 1. The Balaban J connectivity index is 1.60. The van der Waals surface area contributed by atoms with Gasteiger partial charge in [0.2, 0.25) is 0 Å². The van der Waals surface area contributed by atoms with Crippen LogP contribution in [0.15, 0.2) is 81.9 Å². The van der Waals surface area contributed by atoms with Gasteiger partial charge in [0.05, 0.1) is 28.3 Å². The number of halogens is 1. The minimum absolute atomic E-state index is 0.0335. The van der Waals surface area contributed by atoms with Gasteiger partial charge in [-0.1, -0.05) is 29.8 Å². The van der Waals surface area contributed by atoms with E-state index in [2.05, 4.69) is 14.4 Å². The third kappa shape index (κ3) is 5.51. The highest BCUT2D eigenvalue weighted by molar-refractivity contribution is 7.93. The van der Waals surface area contributed by atoms with Crippen LogP contribution in [0.3, 0.4) is 0 Å². The molecule has 0 aliphatic carbocycles. The average molecular weight is 552 g/mol. The summed E-state index contributed by atoms with van der Waals surface area (Å²) in [5, 5.41) is 12.0. The predicted molar refractivity (Wildman–Crippen MR) is 135 cm³/mol. The molecule has 0 saturated heterocycles. The van der Waals surface area contributed by atoms with Gasteiger partial charge in [0.1, 0.15) is 0 Å². The smallest absolute Gasteiger partial charge is 0.263 e. The summed E-state index contributed by atoms with van der Waals surface area (Å²) in [6.07, 6.45) is 0. The maximum Gasteiger partial charge on any atom is 0.263 e. The number of nitrogens with one attached hydrogen (secondary N) is 2. The fourth-order valence-corrected chi connectivity index (χ4v) is 6.26. The van der Waals surface area contributed by atoms with E-state index in [1.165, 1.54) is 43.5 Å². The van der Waals surface area contributed by atoms with Crippen LogP contribution in [-0.2, 0) is 20.0 Å². The number of aromatic hydroxyl groups is 1. The van der Waals surface area contributed by atoms with Gasteiger partial charge in [-0.2, -0.15) is 0 Å². The van der Waals surface area contributed by atoms with E-state index in [4.69, 9.17) is 16.3 Å². The SMILES string of the molecule is COc1ccc(S(=O)(=O)Nc2nc(-c3ccccc3NS(=O)(=O)c3ccc(Cl)cc3)cs2)cc1O. The standard InChI is InChI=1S/C22H18ClN3O6S3/c1-32-21-11-10-16(12-20(21)27)35(30,31)26-22-24-19(13-33-22)17-4-2-3-5-18(17)25-34(28,29)15-8-6-14(23)7-9-15/h2-13,25,27H,1H3,(H,24,26). The number of ether oxygens (including phenoxy) is 1. The molecule has 0 radical (unpaired) electrons. The minimum atomic E-state index is -4.05. The molecule has 0 unspecified atom stereocenters. The highest BCUT2D eigenvalue weighted by atomic mass is 35.5. The molecule has 4 rings (SSSR count). The molecule has 4 aromatic rings. The molecule has 182 valence electrons. The van der Waals surface area contributed by atoms with Crippen molar-refractivity contribution in [3.8, 4) is 22.8 Å². The number of methoxy groups -OCH3 is 1. The molecule has 0 amide bonds. The van der Waals surface area contributed by atoms with Crippen LogP contribution >= 0.6 is 22.9 Å². The van der Waals surface area contributed by atoms with Gasteiger partial charge >= 0.3 is 0 Å². The number of benzene rings is 3. The topological polar surface area (TPSA) is 135 Å². The highest BCUT2D eigenvalue weighted by Gasteiger charge is 2.20. The molecule has 0 saturated carbocycles. The van der Waals surface area contributed by atoms with Gasteiger partial charge in [-0.3, -0.25) is 9.44 Å². The Kier molecular flexibility index (Phi) is 6.90. The van der Waals surface area contributed by atoms with Crippen LogP contribution in [0.4, 0.5) is 10.8 Å². The molecule has 0 fully saturated rings. The van der Waals surface area contributed by atoms with Crippen LogP contribution in [0.25, 0.3) is 11.3 Å². The zero-order chi connectivity index (χ0) is 25.2. The monoisotopic (exact) mass is 551 g/mol. The molecule has 0 bridgehead atoms. The highest BCUT2D eigenvalue weighted by Crippen LogP contribution is 2.34. The first-order valence-electron chi connectivity index (χ1n) is 9.82. The zero-order valence-electron chi connectivity index (χ0n) is 18.0. The largest absolute Gasteiger partial charge is 0.504 e. The first-order chi connectivity index (χ1) is 16.6. The Morgan fingerprint density at radius 1 is 0.914 bits per heavy atom. The molecule has 0 spiro atoms. The molecule has 0 aliphatic rings. The Hall–Kier alpha value is -3.32. The van der Waals surface area contributed by atoms with Gasteiger partial charge in [0.15, 0.2) is 16.6 Å². The van der Waals surface area contributed by atoms with Crippen molar-refractivity contribution in [3.63, 3.8) is 0 Å². The van der Waals surface area contributed by atoms with E-state index in [0.717, 1.165) is 17.4 Å². The number of nitrogens with zero attached hydrogens (tertiary/aromatic N) is 1. The second-order valence-electron chi connectivity index (χ2n) is 7.08. The Morgan fingerprint density at radius 3 is 2.26 bits per heavy atom. The number of aromatic nitrogens is 1. The summed E-state index contributed by atoms with van der Waals surface area (Å²) in [4.78, 5) is 4.17. The number of sulfonamides is 2. The summed E-state index contributed by atoms with van der Waals surface area (Å²) in [5.74, 6) is -0.185. The van der Waals surface area contributed by atoms with E-state index in [1.807, 2.05) is 0 Å². The molecule has 35 heavy (non-hydrogen) atoms. The number of hydrogen-bond acceptors (Lipinski definition) is 8. The molecular weight excluding hydrogens is 534 g/mol. The number of phenolic OH excluding ortho intramolecular Hbond substituents is 1. The number of hydrogen-bond donors (Lipinski definition) is 3. The molecule has 1 aromatic heterocycles. The third-order valence-electron chi connectivity index (χ3n) is 4.76. The van der Waals surface area contributed by atoms with Gasteiger partial charge in [-0.15, -0.1) is 11.3 Å². The number of rotatable bonds is 8. The lowest BCUT2D eigenvalue weighted by molar-refractivity contribution is 0.372. The number of anilines is 2. The lowest BCUT2D eigenvalue weighted by atomic mass is 10.1. The van der Waals surface area contributed by atoms with Crippen LogP contribution in [0.2, 0.25) is 5.02 Å². The fraction of sp³-hybridized carbons (Fsp3) is 0.0455. The quantitative estimate of drug-likeness (QED) is 0.287. The summed E-state index contributed by atoms with van der Waals surface area (Å²) < 4.78 is 61.0. The van der Waals surface area contributed by atoms with Crippen LogP contribution in [-0.4, -0.2) is 34.0 Å². The summed E-state index contributed by atoms with van der Waals surface area (Å²) in [6, 6.07) is 16.0. The normalized spacial score (nSPS) is 11.7. The fourth-order valence-electron chi connectivity index (χ4n) is 3.07. The van der Waals surface area contributed by atoms with E-state index in [1.54, 1.807) is 29.6 Å². The van der Waals surface area contributed by atoms with Crippen molar-refractivity contribution in [3.05, 3.63) is 77.1 Å². The maximum absolute atomic E-state index is 12.8. The summed E-state index contributed by atoms with van der Waals surface area (Å²) in [7, 11) is -6.60. The van der Waals surface area contributed by atoms with Crippen LogP contribution in [0.5, 0.6) is 11.5 Å². The van der Waals surface area contributed by atoms with Crippen molar-refractivity contribution in [1.29, 1.82) is 0 Å². The van der Waals surface area contributed by atoms with Crippen molar-refractivity contribution in [2.24, 2.45) is 0 Å². The Morgan fingerprint density at radius 2 is 1.57 bits per heavy atom. The van der Waals surface area contributed by atoms with E-state index in [-0.39, 0.29) is 32.1 Å². The van der Waals surface area contributed by atoms with E-state index in [9.17, 15) is 21.9 Å². The van der Waals surface area contributed by atoms with Crippen molar-refractivity contribution < 1.29 is 26.7 Å². The van der Waals surface area contributed by atoms with Crippen molar-refractivity contribution >= 4 is 53.8 Å². The van der Waals surface area contributed by atoms with E-state index >= 15 is 0 Å². The maximum atomic E-state index is 12.8. The number of para-hydroxylation sites is 1. The van der Waals surface area contributed by atoms with Crippen molar-refractivity contribution in [2.45, 2.75) is 9.79 Å². The van der Waals surface area contributed by atoms with Crippen LogP contribution < -0.4 is 14.2 Å². The predicted octanol–water partition coefficient (Wildman–Crippen LogP) is 4.78. The van der Waals surface area contributed by atoms with Gasteiger partial charge in [0, 0.05) is 22.0 Å². The molecule has 0 aliphatic heterocycles. The zero-order valence-corrected chi connectivity index (χ0v) is 21.2. The lowest BCUT2D eigenvalue weighted by Gasteiger charge is -2.11. The molecule has 3 N–H and O–H groups in total. The lowest BCUT2D eigenvalue weighted by Crippen LogP contribution is -2.13. The molecule has 0 atom stereocenters. The van der Waals surface area contributed by atoms with Gasteiger partial charge in [0.25, 0.3) is 20.0 Å². The molecule has 13 heteroatoms. The molecule has 1 heterocycles. The molecule has 9 nitrogen and oxygen atoms in total. The van der Waals surface area contributed by atoms with Crippen LogP contribution in [0.1, 0.15) is 0 Å². The van der Waals surface area contributed by atoms with Gasteiger partial charge in [-0.25, -0.2) is 21.8 Å². The van der Waals surface area contributed by atoms with E-state index in [0.29, 0.717) is 16.3 Å². The first kappa shape index (κ1) is 24.8. The Labute approximate surface area is 211 Å². The van der Waals surface area contributed by atoms with Crippen molar-refractivity contribution in [2.75, 3.05) is 16.6 Å². The van der Waals surface area contributed by atoms with Gasteiger partial charge in [-0.05, 0) is 42.5 Å². The summed E-state index contributed by atoms with van der Waals surface area (Å²) >= 11 is 6.87.